The minimum Gasteiger partial charge on any atom is -0.308 e. The fourth-order valence-corrected chi connectivity index (χ4v) is 9.50. The lowest BCUT2D eigenvalue weighted by Crippen LogP contribution is -2.07. The molecule has 0 radical (unpaired) electrons. The van der Waals surface area contributed by atoms with Crippen molar-refractivity contribution in [3.05, 3.63) is 229 Å². The van der Waals surface area contributed by atoms with Gasteiger partial charge in [0.05, 0.1) is 27.8 Å². The molecule has 0 fully saturated rings. The smallest absolute Gasteiger partial charge is 0.308 e. The Morgan fingerprint density at radius 1 is 0.324 bits per heavy atom. The van der Waals surface area contributed by atoms with Crippen molar-refractivity contribution in [3.63, 3.8) is 0 Å². The Kier molecular flexibility index (Phi) is 11.2. The molecule has 0 saturated carbocycles. The molecule has 0 aliphatic carbocycles. The Bertz CT molecular complexity index is 3580. The third-order valence-electron chi connectivity index (χ3n) is 13.0. The van der Waals surface area contributed by atoms with Crippen LogP contribution in [-0.2, 0) is 12.4 Å². The third kappa shape index (κ3) is 8.52. The lowest BCUT2D eigenvalue weighted by Gasteiger charge is -2.22. The number of alkyl halides is 6. The molecule has 9 aromatic carbocycles. The lowest BCUT2D eigenvalue weighted by atomic mass is 9.91. The Labute approximate surface area is 405 Å². The van der Waals surface area contributed by atoms with Crippen molar-refractivity contribution < 1.29 is 26.3 Å². The van der Waals surface area contributed by atoms with Crippen LogP contribution >= 0.6 is 0 Å². The van der Waals surface area contributed by atoms with Crippen LogP contribution in [0.5, 0.6) is 0 Å². The summed E-state index contributed by atoms with van der Waals surface area (Å²) in [6.07, 6.45) is -9.43. The average Bonchev–Trinajstić information content (AvgIpc) is 3.71. The summed E-state index contributed by atoms with van der Waals surface area (Å²) < 4.78 is 90.8. The molecule has 11 aromatic rings. The molecule has 10 heteroatoms. The molecule has 0 aliphatic rings. The summed E-state index contributed by atoms with van der Waals surface area (Å²) in [5.41, 5.74) is 8.67. The zero-order chi connectivity index (χ0) is 49.0. The average molecular weight is 943 g/mol. The van der Waals surface area contributed by atoms with Gasteiger partial charge in [0, 0.05) is 38.6 Å². The topological polar surface area (TPSA) is 43.6 Å². The number of nitrogens with zero attached hydrogens (tertiary/aromatic N) is 4. The van der Waals surface area contributed by atoms with Crippen LogP contribution in [0.3, 0.4) is 0 Å². The number of aromatic nitrogens is 4. The largest absolute Gasteiger partial charge is 0.416 e. The van der Waals surface area contributed by atoms with Crippen molar-refractivity contribution in [1.82, 2.24) is 19.5 Å². The Morgan fingerprint density at radius 2 is 0.690 bits per heavy atom. The van der Waals surface area contributed by atoms with Crippen LogP contribution in [0.15, 0.2) is 206 Å². The second-order valence-corrected chi connectivity index (χ2v) is 17.5. The molecule has 11 rings (SSSR count). The van der Waals surface area contributed by atoms with Crippen LogP contribution in [-0.4, -0.2) is 19.5 Å². The van der Waals surface area contributed by atoms with Crippen molar-refractivity contribution >= 4 is 21.8 Å². The molecule has 0 N–H and O–H groups in total. The fourth-order valence-electron chi connectivity index (χ4n) is 9.50. The minimum atomic E-state index is -4.72. The van der Waals surface area contributed by atoms with Crippen LogP contribution in [0.4, 0.5) is 26.3 Å². The van der Waals surface area contributed by atoms with E-state index in [1.165, 1.54) is 12.1 Å². The van der Waals surface area contributed by atoms with Crippen LogP contribution in [0, 0.1) is 13.8 Å². The Balaban J connectivity index is 1.29. The summed E-state index contributed by atoms with van der Waals surface area (Å²) in [6, 6.07) is 60.4. The van der Waals surface area contributed by atoms with Crippen molar-refractivity contribution in [1.29, 1.82) is 0 Å². The van der Waals surface area contributed by atoms with Crippen molar-refractivity contribution in [3.8, 4) is 84.4 Å². The van der Waals surface area contributed by atoms with E-state index in [0.29, 0.717) is 56.2 Å². The molecule has 346 valence electrons. The molecule has 0 unspecified atom stereocenters. The number of hydrogen-bond acceptors (Lipinski definition) is 3. The quantitative estimate of drug-likeness (QED) is 0.143. The summed E-state index contributed by atoms with van der Waals surface area (Å²) in [4.78, 5) is 14.8. The van der Waals surface area contributed by atoms with E-state index in [2.05, 4.69) is 24.3 Å². The third-order valence-corrected chi connectivity index (χ3v) is 13.0. The molecule has 0 spiro atoms. The van der Waals surface area contributed by atoms with E-state index in [9.17, 15) is 26.3 Å². The summed E-state index contributed by atoms with van der Waals surface area (Å²) in [5, 5.41) is 1.67. The van der Waals surface area contributed by atoms with Gasteiger partial charge in [-0.25, -0.2) is 15.0 Å². The number of hydrogen-bond donors (Lipinski definition) is 0. The maximum absolute atomic E-state index is 14.8. The summed E-state index contributed by atoms with van der Waals surface area (Å²) in [7, 11) is 0. The first kappa shape index (κ1) is 44.9. The van der Waals surface area contributed by atoms with Crippen molar-refractivity contribution in [2.75, 3.05) is 0 Å². The van der Waals surface area contributed by atoms with E-state index in [0.717, 1.165) is 68.4 Å². The fraction of sp³-hybridized carbons (Fsp3) is 0.0656. The number of fused-ring (bicyclic) bond motifs is 3. The first-order valence-corrected chi connectivity index (χ1v) is 22.9. The molecule has 0 aliphatic heterocycles. The molecule has 0 atom stereocenters. The van der Waals surface area contributed by atoms with Gasteiger partial charge in [0.15, 0.2) is 17.5 Å². The van der Waals surface area contributed by atoms with Crippen LogP contribution in [0.25, 0.3) is 106 Å². The number of benzene rings is 9. The first-order chi connectivity index (χ1) is 34.3. The Morgan fingerprint density at radius 3 is 1.10 bits per heavy atom. The highest BCUT2D eigenvalue weighted by molar-refractivity contribution is 6.13. The van der Waals surface area contributed by atoms with Gasteiger partial charge in [-0.3, -0.25) is 0 Å². The Hall–Kier alpha value is -8.63. The predicted octanol–water partition coefficient (Wildman–Crippen LogP) is 17.3. The lowest BCUT2D eigenvalue weighted by molar-refractivity contribution is -0.138. The van der Waals surface area contributed by atoms with Gasteiger partial charge in [-0.15, -0.1) is 0 Å². The zero-order valence-corrected chi connectivity index (χ0v) is 38.2. The van der Waals surface area contributed by atoms with Gasteiger partial charge >= 0.3 is 12.4 Å². The number of aryl methyl sites for hydroxylation is 2. The monoisotopic (exact) mass is 942 g/mol. The van der Waals surface area contributed by atoms with Gasteiger partial charge in [-0.1, -0.05) is 146 Å². The second kappa shape index (κ2) is 17.7. The van der Waals surface area contributed by atoms with Gasteiger partial charge in [-0.2, -0.15) is 26.3 Å². The highest BCUT2D eigenvalue weighted by Gasteiger charge is 2.33. The van der Waals surface area contributed by atoms with E-state index in [1.807, 2.05) is 140 Å². The second-order valence-electron chi connectivity index (χ2n) is 17.5. The molecule has 2 aromatic heterocycles. The van der Waals surface area contributed by atoms with Crippen molar-refractivity contribution in [2.45, 2.75) is 26.2 Å². The highest BCUT2D eigenvalue weighted by atomic mass is 19.4. The van der Waals surface area contributed by atoms with E-state index in [-0.39, 0.29) is 17.0 Å². The van der Waals surface area contributed by atoms with Gasteiger partial charge in [-0.05, 0) is 119 Å². The standard InChI is InChI=1S/C61H40F6N4/c1-37-15-9-11-25-48(37)43-27-29-54-52(33-43)53-34-44(49-26-12-10-16-38(49)2)28-30-55(53)71(54)56-50(41-21-13-23-46(31-41)60(62,63)64)35-45(36-51(56)42-22-14-24-47(32-42)61(65,66)67)59-69-57(39-17-5-3-6-18-39)68-58(70-59)40-19-7-4-8-20-40/h3-36H,1-2H3. The molecule has 0 bridgehead atoms. The number of rotatable bonds is 8. The maximum atomic E-state index is 14.8. The van der Waals surface area contributed by atoms with Crippen molar-refractivity contribution in [2.24, 2.45) is 0 Å². The SMILES string of the molecule is Cc1ccccc1-c1ccc2c(c1)c1cc(-c3ccccc3C)ccc1n2-c1c(-c2cccc(C(F)(F)F)c2)cc(-c2nc(-c3ccccc3)nc(-c3ccccc3)n2)cc1-c1cccc(C(F)(F)F)c1. The zero-order valence-electron chi connectivity index (χ0n) is 38.2. The predicted molar refractivity (Wildman–Crippen MR) is 272 cm³/mol. The highest BCUT2D eigenvalue weighted by Crippen LogP contribution is 2.47. The van der Waals surface area contributed by atoms with E-state index in [1.54, 1.807) is 24.3 Å². The van der Waals surface area contributed by atoms with Gasteiger partial charge in [0.2, 0.25) is 0 Å². The van der Waals surface area contributed by atoms with Crippen LogP contribution in [0.2, 0.25) is 0 Å². The summed E-state index contributed by atoms with van der Waals surface area (Å²) >= 11 is 0. The molecule has 4 nitrogen and oxygen atoms in total. The minimum absolute atomic E-state index is 0.165. The molecule has 2 heterocycles. The van der Waals surface area contributed by atoms with E-state index in [4.69, 9.17) is 15.0 Å². The summed E-state index contributed by atoms with van der Waals surface area (Å²) in [5.74, 6) is 0.825. The summed E-state index contributed by atoms with van der Waals surface area (Å²) in [6.45, 7) is 4.09. The molecular formula is C61H40F6N4. The molecular weight excluding hydrogens is 903 g/mol. The van der Waals surface area contributed by atoms with Gasteiger partial charge in [0.1, 0.15) is 0 Å². The van der Waals surface area contributed by atoms with E-state index < -0.39 is 23.5 Å². The van der Waals surface area contributed by atoms with Gasteiger partial charge < -0.3 is 4.57 Å². The number of halogens is 6. The molecule has 71 heavy (non-hydrogen) atoms. The van der Waals surface area contributed by atoms with Crippen LogP contribution in [0.1, 0.15) is 22.3 Å². The normalized spacial score (nSPS) is 11.9. The molecule has 0 amide bonds. The van der Waals surface area contributed by atoms with E-state index >= 15 is 0 Å². The van der Waals surface area contributed by atoms with Crippen LogP contribution < -0.4 is 0 Å². The maximum Gasteiger partial charge on any atom is 0.416 e. The molecule has 0 saturated heterocycles. The first-order valence-electron chi connectivity index (χ1n) is 22.9. The van der Waals surface area contributed by atoms with Gasteiger partial charge in [0.25, 0.3) is 0 Å².